The fourth-order valence-electron chi connectivity index (χ4n) is 2.17. The lowest BCUT2D eigenvalue weighted by atomic mass is 9.65. The first-order chi connectivity index (χ1) is 9.63. The summed E-state index contributed by atoms with van der Waals surface area (Å²) in [5.74, 6) is -0.974. The molecular formula is C12H19N3O5S. The van der Waals surface area contributed by atoms with Gasteiger partial charge in [-0.2, -0.15) is 5.10 Å². The lowest BCUT2D eigenvalue weighted by molar-refractivity contribution is -0.137. The Kier molecular flexibility index (Phi) is 4.09. The van der Waals surface area contributed by atoms with Crippen LogP contribution in [0.3, 0.4) is 0 Å². The molecule has 118 valence electrons. The van der Waals surface area contributed by atoms with Crippen LogP contribution in [0, 0.1) is 5.41 Å². The molecule has 3 N–H and O–H groups in total. The first-order valence-electron chi connectivity index (χ1n) is 6.57. The van der Waals surface area contributed by atoms with Gasteiger partial charge in [-0.15, -0.1) is 0 Å². The van der Waals surface area contributed by atoms with Crippen molar-refractivity contribution in [1.29, 1.82) is 0 Å². The zero-order valence-electron chi connectivity index (χ0n) is 11.9. The van der Waals surface area contributed by atoms with Gasteiger partial charge in [0, 0.05) is 17.7 Å². The number of rotatable bonds is 6. The number of nitrogens with one attached hydrogen (secondary N) is 1. The molecule has 0 radical (unpaired) electrons. The zero-order chi connectivity index (χ0) is 15.8. The second kappa shape index (κ2) is 5.39. The van der Waals surface area contributed by atoms with Crippen LogP contribution in [0.25, 0.3) is 0 Å². The van der Waals surface area contributed by atoms with Crippen molar-refractivity contribution in [2.45, 2.75) is 50.3 Å². The summed E-state index contributed by atoms with van der Waals surface area (Å²) in [6, 6.07) is -0.333. The Balaban J connectivity index is 2.05. The molecule has 1 aromatic heterocycles. The van der Waals surface area contributed by atoms with Gasteiger partial charge >= 0.3 is 5.97 Å². The molecule has 0 spiro atoms. The normalized spacial score (nSPS) is 24.5. The molecule has 0 aromatic carbocycles. The van der Waals surface area contributed by atoms with E-state index in [1.807, 2.05) is 0 Å². The third-order valence-electron chi connectivity index (χ3n) is 3.99. The predicted molar refractivity (Wildman–Crippen MR) is 73.0 cm³/mol. The number of aliphatic carboxylic acids is 1. The third-order valence-corrected chi connectivity index (χ3v) is 5.41. The molecule has 1 saturated carbocycles. The van der Waals surface area contributed by atoms with E-state index in [4.69, 9.17) is 5.11 Å². The maximum absolute atomic E-state index is 12.2. The quantitative estimate of drug-likeness (QED) is 0.668. The second-order valence-corrected chi connectivity index (χ2v) is 7.54. The summed E-state index contributed by atoms with van der Waals surface area (Å²) in [6.07, 6.45) is 2.21. The number of nitrogens with zero attached hydrogens (tertiary/aromatic N) is 2. The number of aromatic nitrogens is 2. The van der Waals surface area contributed by atoms with Gasteiger partial charge in [0.1, 0.15) is 4.90 Å². The van der Waals surface area contributed by atoms with E-state index in [2.05, 4.69) is 9.82 Å². The summed E-state index contributed by atoms with van der Waals surface area (Å²) in [5.41, 5.74) is -0.508. The molecule has 1 aromatic rings. The van der Waals surface area contributed by atoms with E-state index in [1.165, 1.54) is 17.1 Å². The molecule has 1 aliphatic rings. The molecule has 0 amide bonds. The van der Waals surface area contributed by atoms with Gasteiger partial charge in [-0.05, 0) is 6.42 Å². The molecule has 0 saturated heterocycles. The largest absolute Gasteiger partial charge is 0.481 e. The maximum Gasteiger partial charge on any atom is 0.305 e. The van der Waals surface area contributed by atoms with Crippen LogP contribution in [0.15, 0.2) is 17.3 Å². The van der Waals surface area contributed by atoms with E-state index in [0.29, 0.717) is 6.42 Å². The minimum Gasteiger partial charge on any atom is -0.481 e. The third kappa shape index (κ3) is 3.25. The number of carbonyl (C=O) groups is 1. The van der Waals surface area contributed by atoms with Gasteiger partial charge in [-0.1, -0.05) is 13.8 Å². The minimum absolute atomic E-state index is 0.00919. The summed E-state index contributed by atoms with van der Waals surface area (Å²) in [6.45, 7) is 3.70. The topological polar surface area (TPSA) is 122 Å². The predicted octanol–water partition coefficient (Wildman–Crippen LogP) is -0.205. The van der Waals surface area contributed by atoms with Crippen molar-refractivity contribution in [3.05, 3.63) is 12.4 Å². The minimum atomic E-state index is -3.72. The first-order valence-corrected chi connectivity index (χ1v) is 8.06. The molecule has 1 aliphatic carbocycles. The van der Waals surface area contributed by atoms with Gasteiger partial charge in [0.15, 0.2) is 0 Å². The average Bonchev–Trinajstić information content (AvgIpc) is 2.85. The van der Waals surface area contributed by atoms with Gasteiger partial charge in [0.2, 0.25) is 10.0 Å². The lowest BCUT2D eigenvalue weighted by Gasteiger charge is -2.49. The van der Waals surface area contributed by atoms with Crippen molar-refractivity contribution < 1.29 is 23.4 Å². The molecule has 9 heteroatoms. The number of hydrogen-bond acceptors (Lipinski definition) is 5. The number of aliphatic hydroxyl groups is 1. The second-order valence-electron chi connectivity index (χ2n) is 5.83. The summed E-state index contributed by atoms with van der Waals surface area (Å²) >= 11 is 0. The average molecular weight is 317 g/mol. The van der Waals surface area contributed by atoms with Crippen molar-refractivity contribution in [2.75, 3.05) is 0 Å². The van der Waals surface area contributed by atoms with Gasteiger partial charge < -0.3 is 10.2 Å². The van der Waals surface area contributed by atoms with Gasteiger partial charge in [0.25, 0.3) is 0 Å². The van der Waals surface area contributed by atoms with Crippen LogP contribution in [0.4, 0.5) is 0 Å². The van der Waals surface area contributed by atoms with Gasteiger partial charge in [0.05, 0.1) is 25.3 Å². The summed E-state index contributed by atoms with van der Waals surface area (Å²) in [4.78, 5) is 10.5. The van der Waals surface area contributed by atoms with Crippen LogP contribution in [-0.2, 0) is 21.4 Å². The molecule has 1 heterocycles. The number of carboxylic acid groups (broad SMARTS) is 1. The monoisotopic (exact) mass is 317 g/mol. The first kappa shape index (κ1) is 15.9. The van der Waals surface area contributed by atoms with Gasteiger partial charge in [-0.3, -0.25) is 9.48 Å². The Labute approximate surface area is 122 Å². The Bertz CT molecular complexity index is 637. The lowest BCUT2D eigenvalue weighted by Crippen LogP contribution is -2.61. The van der Waals surface area contributed by atoms with Crippen LogP contribution in [0.1, 0.15) is 26.7 Å². The van der Waals surface area contributed by atoms with E-state index >= 15 is 0 Å². The van der Waals surface area contributed by atoms with Crippen molar-refractivity contribution >= 4 is 16.0 Å². The van der Waals surface area contributed by atoms with E-state index in [1.54, 1.807) is 13.8 Å². The molecular weight excluding hydrogens is 298 g/mol. The fourth-order valence-corrected chi connectivity index (χ4v) is 3.53. The summed E-state index contributed by atoms with van der Waals surface area (Å²) in [7, 11) is -3.72. The standard InChI is InChI=1S/C12H19N3O5S/c1-12(2)9(5-10(12)16)14-21(19,20)8-6-13-15(7-8)4-3-11(17)18/h6-7,9-10,14,16H,3-5H2,1-2H3,(H,17,18). The number of carboxylic acids is 1. The van der Waals surface area contributed by atoms with E-state index in [0.717, 1.165) is 0 Å². The van der Waals surface area contributed by atoms with Crippen molar-refractivity contribution in [2.24, 2.45) is 5.41 Å². The Hall–Kier alpha value is -1.45. The number of aliphatic hydroxyl groups excluding tert-OH is 1. The molecule has 2 rings (SSSR count). The highest BCUT2D eigenvalue weighted by atomic mass is 32.2. The Morgan fingerprint density at radius 3 is 2.76 bits per heavy atom. The highest BCUT2D eigenvalue weighted by molar-refractivity contribution is 7.89. The Morgan fingerprint density at radius 2 is 2.24 bits per heavy atom. The SMILES string of the molecule is CC1(C)C(O)CC1NS(=O)(=O)c1cnn(CCC(=O)O)c1. The van der Waals surface area contributed by atoms with Crippen LogP contribution >= 0.6 is 0 Å². The van der Waals surface area contributed by atoms with E-state index < -0.39 is 27.5 Å². The Morgan fingerprint density at radius 1 is 1.57 bits per heavy atom. The van der Waals surface area contributed by atoms with Crippen LogP contribution in [0.5, 0.6) is 0 Å². The number of hydrogen-bond donors (Lipinski definition) is 3. The van der Waals surface area contributed by atoms with Crippen LogP contribution in [-0.4, -0.2) is 46.5 Å². The molecule has 0 aliphatic heterocycles. The highest BCUT2D eigenvalue weighted by Crippen LogP contribution is 2.41. The smallest absolute Gasteiger partial charge is 0.305 e. The molecule has 1 fully saturated rings. The van der Waals surface area contributed by atoms with Crippen LogP contribution in [0.2, 0.25) is 0 Å². The molecule has 21 heavy (non-hydrogen) atoms. The molecule has 2 atom stereocenters. The number of sulfonamides is 1. The van der Waals surface area contributed by atoms with Crippen LogP contribution < -0.4 is 4.72 Å². The maximum atomic E-state index is 12.2. The number of aryl methyl sites for hydroxylation is 1. The van der Waals surface area contributed by atoms with Crippen molar-refractivity contribution in [3.8, 4) is 0 Å². The van der Waals surface area contributed by atoms with Gasteiger partial charge in [-0.25, -0.2) is 13.1 Å². The highest BCUT2D eigenvalue weighted by Gasteiger charge is 2.49. The molecule has 0 bridgehead atoms. The van der Waals surface area contributed by atoms with E-state index in [-0.39, 0.29) is 23.9 Å². The molecule has 2 unspecified atom stereocenters. The van der Waals surface area contributed by atoms with Crippen molar-refractivity contribution in [3.63, 3.8) is 0 Å². The fraction of sp³-hybridized carbons (Fsp3) is 0.667. The van der Waals surface area contributed by atoms with E-state index in [9.17, 15) is 18.3 Å². The van der Waals surface area contributed by atoms with Crippen molar-refractivity contribution in [1.82, 2.24) is 14.5 Å². The zero-order valence-corrected chi connectivity index (χ0v) is 12.7. The summed E-state index contributed by atoms with van der Waals surface area (Å²) < 4.78 is 28.3. The summed E-state index contributed by atoms with van der Waals surface area (Å²) in [5, 5.41) is 22.1. The molecule has 8 nitrogen and oxygen atoms in total.